The predicted molar refractivity (Wildman–Crippen MR) is 110 cm³/mol. The number of ether oxygens (including phenoxy) is 2. The third-order valence-electron chi connectivity index (χ3n) is 4.42. The molecule has 0 bridgehead atoms. The monoisotopic (exact) mass is 428 g/mol. The molecular weight excluding hydrogens is 409 g/mol. The number of nitrogen functional groups attached to an aromatic ring is 2. The number of rotatable bonds is 8. The van der Waals surface area contributed by atoms with Gasteiger partial charge in [0.2, 0.25) is 5.82 Å². The average Bonchev–Trinajstić information content (AvgIpc) is 2.73. The highest BCUT2D eigenvalue weighted by Gasteiger charge is 2.14. The van der Waals surface area contributed by atoms with Crippen molar-refractivity contribution >= 4 is 11.7 Å². The highest BCUT2D eigenvalue weighted by atomic mass is 19.1. The van der Waals surface area contributed by atoms with Crippen LogP contribution in [-0.4, -0.2) is 11.7 Å². The van der Waals surface area contributed by atoms with Gasteiger partial charge in [0.15, 0.2) is 11.5 Å². The summed E-state index contributed by atoms with van der Waals surface area (Å²) in [5.74, 6) is -2.96. The lowest BCUT2D eigenvalue weighted by atomic mass is 10.1. The second-order valence-electron chi connectivity index (χ2n) is 6.59. The van der Waals surface area contributed by atoms with Gasteiger partial charge in [-0.1, -0.05) is 30.3 Å². The Balaban J connectivity index is 1.69. The molecule has 0 aliphatic heterocycles. The number of hydrogen-bond donors (Lipinski definition) is 4. The van der Waals surface area contributed by atoms with Crippen LogP contribution >= 0.6 is 0 Å². The summed E-state index contributed by atoms with van der Waals surface area (Å²) in [6.45, 7) is -0.517. The zero-order valence-electron chi connectivity index (χ0n) is 16.2. The van der Waals surface area contributed by atoms with E-state index in [1.165, 1.54) is 42.5 Å². The Kier molecular flexibility index (Phi) is 6.44. The first-order chi connectivity index (χ1) is 14.8. The number of benzene rings is 3. The van der Waals surface area contributed by atoms with Crippen LogP contribution in [0.1, 0.15) is 22.3 Å². The lowest BCUT2D eigenvalue weighted by molar-refractivity contribution is 0.258. The highest BCUT2D eigenvalue weighted by molar-refractivity contribution is 5.95. The fraction of sp³-hybridized carbons (Fsp3) is 0.0909. The van der Waals surface area contributed by atoms with E-state index < -0.39 is 17.5 Å². The summed E-state index contributed by atoms with van der Waals surface area (Å²) >= 11 is 0. The lowest BCUT2D eigenvalue weighted by Gasteiger charge is -2.13. The van der Waals surface area contributed by atoms with Gasteiger partial charge in [0.25, 0.3) is 0 Å². The molecule has 0 saturated heterocycles. The smallest absolute Gasteiger partial charge is 0.206 e. The van der Waals surface area contributed by atoms with Crippen molar-refractivity contribution < 1.29 is 22.6 Å². The molecule has 0 heterocycles. The Morgan fingerprint density at radius 1 is 0.710 bits per heavy atom. The lowest BCUT2D eigenvalue weighted by Crippen LogP contribution is -2.12. The van der Waals surface area contributed by atoms with E-state index in [-0.39, 0.29) is 58.6 Å². The minimum atomic E-state index is -0.816. The normalized spacial score (nSPS) is 10.5. The van der Waals surface area contributed by atoms with Gasteiger partial charge in [0.05, 0.1) is 0 Å². The predicted octanol–water partition coefficient (Wildman–Crippen LogP) is 3.83. The van der Waals surface area contributed by atoms with Crippen LogP contribution in [0.15, 0.2) is 54.6 Å². The molecule has 0 unspecified atom stereocenters. The third-order valence-corrected chi connectivity index (χ3v) is 4.42. The van der Waals surface area contributed by atoms with Gasteiger partial charge in [-0.05, 0) is 24.3 Å². The summed E-state index contributed by atoms with van der Waals surface area (Å²) in [6, 6.07) is 12.1. The van der Waals surface area contributed by atoms with Crippen LogP contribution in [0, 0.1) is 28.3 Å². The van der Waals surface area contributed by atoms with Crippen LogP contribution in [0.25, 0.3) is 0 Å². The molecule has 0 atom stereocenters. The highest BCUT2D eigenvalue weighted by Crippen LogP contribution is 2.28. The average molecular weight is 428 g/mol. The molecule has 9 heteroatoms. The maximum absolute atomic E-state index is 14.7. The van der Waals surface area contributed by atoms with Crippen molar-refractivity contribution in [2.45, 2.75) is 13.2 Å². The number of hydrogen-bond acceptors (Lipinski definition) is 4. The Labute approximate surface area is 176 Å². The van der Waals surface area contributed by atoms with E-state index in [1.807, 2.05) is 0 Å². The molecule has 3 aromatic carbocycles. The summed E-state index contributed by atoms with van der Waals surface area (Å²) < 4.78 is 53.7. The standard InChI is InChI=1S/C22H19F3N4O2/c23-16-8-12(21(26)27)4-6-14(16)10-30-18-2-1-3-19(20(18)25)31-11-15-7-5-13(22(28)29)9-17(15)24/h1-9H,10-11H2,(H3,26,27)(H3,28,29). The van der Waals surface area contributed by atoms with Gasteiger partial charge >= 0.3 is 0 Å². The minimum Gasteiger partial charge on any atom is -0.486 e. The topological polar surface area (TPSA) is 118 Å². The Morgan fingerprint density at radius 2 is 1.13 bits per heavy atom. The van der Waals surface area contributed by atoms with Crippen molar-refractivity contribution in [1.29, 1.82) is 10.8 Å². The van der Waals surface area contributed by atoms with Crippen LogP contribution < -0.4 is 20.9 Å². The van der Waals surface area contributed by atoms with E-state index in [4.69, 9.17) is 31.8 Å². The van der Waals surface area contributed by atoms with E-state index >= 15 is 0 Å². The quantitative estimate of drug-likeness (QED) is 0.322. The Bertz CT molecular complexity index is 1070. The summed E-state index contributed by atoms with van der Waals surface area (Å²) in [7, 11) is 0. The number of halogens is 3. The SMILES string of the molecule is N=C(N)c1ccc(COc2cccc(OCc3ccc(C(=N)N)cc3F)c2F)c(F)c1. The fourth-order valence-electron chi connectivity index (χ4n) is 2.69. The molecule has 6 N–H and O–H groups in total. The molecule has 0 aliphatic rings. The van der Waals surface area contributed by atoms with Crippen molar-refractivity contribution in [2.75, 3.05) is 0 Å². The maximum atomic E-state index is 14.7. The van der Waals surface area contributed by atoms with Gasteiger partial charge in [-0.3, -0.25) is 10.8 Å². The van der Waals surface area contributed by atoms with E-state index in [9.17, 15) is 13.2 Å². The van der Waals surface area contributed by atoms with Gasteiger partial charge in [0.1, 0.15) is 36.5 Å². The molecule has 0 aromatic heterocycles. The van der Waals surface area contributed by atoms with E-state index in [0.717, 1.165) is 12.1 Å². The summed E-state index contributed by atoms with van der Waals surface area (Å²) in [5.41, 5.74) is 11.4. The maximum Gasteiger partial charge on any atom is 0.206 e. The molecule has 3 rings (SSSR count). The van der Waals surface area contributed by atoms with Crippen LogP contribution in [-0.2, 0) is 13.2 Å². The number of nitrogens with one attached hydrogen (secondary N) is 2. The van der Waals surface area contributed by atoms with Gasteiger partial charge in [-0.15, -0.1) is 0 Å². The first-order valence-corrected chi connectivity index (χ1v) is 9.06. The van der Waals surface area contributed by atoms with Gasteiger partial charge < -0.3 is 20.9 Å². The van der Waals surface area contributed by atoms with E-state index in [1.54, 1.807) is 0 Å². The van der Waals surface area contributed by atoms with Gasteiger partial charge in [-0.25, -0.2) is 8.78 Å². The van der Waals surface area contributed by atoms with Gasteiger partial charge in [0, 0.05) is 22.3 Å². The van der Waals surface area contributed by atoms with Crippen LogP contribution in [0.2, 0.25) is 0 Å². The minimum absolute atomic E-state index is 0.156. The zero-order valence-corrected chi connectivity index (χ0v) is 16.2. The molecule has 160 valence electrons. The summed E-state index contributed by atoms with van der Waals surface area (Å²) in [4.78, 5) is 0. The summed E-state index contributed by atoms with van der Waals surface area (Å²) in [5, 5.41) is 14.6. The first kappa shape index (κ1) is 21.7. The molecule has 0 radical (unpaired) electrons. The van der Waals surface area contributed by atoms with Gasteiger partial charge in [-0.2, -0.15) is 4.39 Å². The molecule has 31 heavy (non-hydrogen) atoms. The second kappa shape index (κ2) is 9.21. The number of amidine groups is 2. The summed E-state index contributed by atoms with van der Waals surface area (Å²) in [6.07, 6.45) is 0. The molecule has 0 amide bonds. The molecule has 6 nitrogen and oxygen atoms in total. The first-order valence-electron chi connectivity index (χ1n) is 9.06. The van der Waals surface area contributed by atoms with Crippen LogP contribution in [0.5, 0.6) is 11.5 Å². The number of nitrogens with two attached hydrogens (primary N) is 2. The second-order valence-corrected chi connectivity index (χ2v) is 6.59. The zero-order chi connectivity index (χ0) is 22.5. The molecule has 0 fully saturated rings. The van der Waals surface area contributed by atoms with Crippen LogP contribution in [0.3, 0.4) is 0 Å². The van der Waals surface area contributed by atoms with Crippen molar-refractivity contribution in [3.05, 3.63) is 94.3 Å². The van der Waals surface area contributed by atoms with Crippen molar-refractivity contribution in [2.24, 2.45) is 11.5 Å². The largest absolute Gasteiger partial charge is 0.486 e. The molecule has 3 aromatic rings. The van der Waals surface area contributed by atoms with E-state index in [2.05, 4.69) is 0 Å². The van der Waals surface area contributed by atoms with Crippen molar-refractivity contribution in [3.8, 4) is 11.5 Å². The molecular formula is C22H19F3N4O2. The van der Waals surface area contributed by atoms with Crippen LogP contribution in [0.4, 0.5) is 13.2 Å². The third kappa shape index (κ3) is 5.13. The van der Waals surface area contributed by atoms with Crippen molar-refractivity contribution in [3.63, 3.8) is 0 Å². The molecule has 0 saturated carbocycles. The Hall–Kier alpha value is -4.01. The Morgan fingerprint density at radius 3 is 1.48 bits per heavy atom. The van der Waals surface area contributed by atoms with E-state index in [0.29, 0.717) is 0 Å². The fourth-order valence-corrected chi connectivity index (χ4v) is 2.69. The molecule has 0 spiro atoms. The van der Waals surface area contributed by atoms with Crippen molar-refractivity contribution in [1.82, 2.24) is 0 Å². The molecule has 0 aliphatic carbocycles.